The molecule has 0 amide bonds. The van der Waals surface area contributed by atoms with Crippen molar-refractivity contribution in [3.05, 3.63) is 0 Å². The largest absolute Gasteiger partial charge is 0.756 e. The van der Waals surface area contributed by atoms with E-state index in [2.05, 4.69) is 27.7 Å². The predicted octanol–water partition coefficient (Wildman–Crippen LogP) is 8.42. The van der Waals surface area contributed by atoms with Crippen molar-refractivity contribution in [1.29, 1.82) is 0 Å². The third-order valence-corrected chi connectivity index (χ3v) is 8.71. The lowest BCUT2D eigenvalue weighted by atomic mass is 9.96. The summed E-state index contributed by atoms with van der Waals surface area (Å²) in [6, 6.07) is 0. The van der Waals surface area contributed by atoms with Gasteiger partial charge in [0.05, 0.1) is 26.1 Å². The minimum atomic E-state index is -5.01. The Morgan fingerprint density at radius 1 is 0.769 bits per heavy atom. The van der Waals surface area contributed by atoms with E-state index in [-0.39, 0.29) is 12.4 Å². The van der Waals surface area contributed by atoms with E-state index in [1.807, 2.05) is 0 Å². The van der Waals surface area contributed by atoms with Crippen LogP contribution < -0.4 is 4.89 Å². The Bertz CT molecular complexity index is 638. The Labute approximate surface area is 241 Å². The van der Waals surface area contributed by atoms with Crippen LogP contribution in [0.1, 0.15) is 164 Å². The molecular formula is C31H64NO6P. The van der Waals surface area contributed by atoms with Crippen LogP contribution in [0.5, 0.6) is 0 Å². The van der Waals surface area contributed by atoms with Gasteiger partial charge in [0, 0.05) is 13.8 Å². The summed E-state index contributed by atoms with van der Waals surface area (Å²) >= 11 is 0. The van der Waals surface area contributed by atoms with Crippen molar-refractivity contribution in [1.82, 2.24) is 0 Å². The molecule has 3 atom stereocenters. The van der Waals surface area contributed by atoms with Crippen LogP contribution in [0, 0.1) is 0 Å². The standard InChI is InChI=1S/C31H64NO6P/c1-7-11-12-13-14-15-16-17-18-19-20-21-22-23-24-30(37-29(5)33)28-31(6,38-39(34,35)36)32(25-8-2,26-9-3)27-10-4/h30H,7-28H2,1-6H3,(H-,34,35,36). The number of ether oxygens (including phenoxy) is 1. The fourth-order valence-electron chi connectivity index (χ4n) is 6.32. The van der Waals surface area contributed by atoms with Gasteiger partial charge >= 0.3 is 5.97 Å². The number of rotatable bonds is 27. The zero-order valence-electron chi connectivity index (χ0n) is 26.5. The highest BCUT2D eigenvalue weighted by molar-refractivity contribution is 7.44. The van der Waals surface area contributed by atoms with E-state index in [9.17, 15) is 19.1 Å². The third kappa shape index (κ3) is 17.9. The molecule has 8 heteroatoms. The molecule has 0 aromatic carbocycles. The van der Waals surface area contributed by atoms with E-state index >= 15 is 0 Å². The highest BCUT2D eigenvalue weighted by Crippen LogP contribution is 2.45. The van der Waals surface area contributed by atoms with E-state index < -0.39 is 19.7 Å². The van der Waals surface area contributed by atoms with Gasteiger partial charge in [-0.1, -0.05) is 111 Å². The molecule has 0 aromatic heterocycles. The Kier molecular flexibility index (Phi) is 21.9. The minimum Gasteiger partial charge on any atom is -0.756 e. The van der Waals surface area contributed by atoms with Gasteiger partial charge in [-0.2, -0.15) is 0 Å². The molecule has 0 aliphatic carbocycles. The molecule has 3 unspecified atom stereocenters. The summed E-state index contributed by atoms with van der Waals surface area (Å²) in [5, 5.41) is 0. The number of unbranched alkanes of at least 4 members (excludes halogenated alkanes) is 13. The van der Waals surface area contributed by atoms with Crippen LogP contribution >= 0.6 is 7.82 Å². The van der Waals surface area contributed by atoms with E-state index in [1.54, 1.807) is 6.92 Å². The number of esters is 1. The van der Waals surface area contributed by atoms with Crippen LogP contribution in [0.25, 0.3) is 0 Å². The maximum atomic E-state index is 12.1. The first kappa shape index (κ1) is 38.5. The van der Waals surface area contributed by atoms with E-state index in [4.69, 9.17) is 9.26 Å². The van der Waals surface area contributed by atoms with Gasteiger partial charge in [-0.25, -0.2) is 0 Å². The van der Waals surface area contributed by atoms with Gasteiger partial charge in [0.25, 0.3) is 7.82 Å². The van der Waals surface area contributed by atoms with Crippen molar-refractivity contribution >= 4 is 13.8 Å². The molecule has 0 radical (unpaired) electrons. The first-order valence-electron chi connectivity index (χ1n) is 16.3. The number of carbonyl (C=O) groups excluding carboxylic acids is 1. The van der Waals surface area contributed by atoms with Gasteiger partial charge in [0.15, 0.2) is 0 Å². The summed E-state index contributed by atoms with van der Waals surface area (Å²) < 4.78 is 23.7. The first-order valence-corrected chi connectivity index (χ1v) is 17.8. The van der Waals surface area contributed by atoms with Gasteiger partial charge in [-0.3, -0.25) is 18.4 Å². The highest BCUT2D eigenvalue weighted by Gasteiger charge is 2.50. The molecule has 0 aliphatic rings. The van der Waals surface area contributed by atoms with Crippen LogP contribution in [0.3, 0.4) is 0 Å². The molecule has 7 nitrogen and oxygen atoms in total. The van der Waals surface area contributed by atoms with Crippen molar-refractivity contribution in [2.24, 2.45) is 0 Å². The van der Waals surface area contributed by atoms with Gasteiger partial charge in [0.2, 0.25) is 5.72 Å². The lowest BCUT2D eigenvalue weighted by molar-refractivity contribution is -0.995. The topological polar surface area (TPSA) is 95.9 Å². The number of quaternary nitrogens is 1. The minimum absolute atomic E-state index is 0.234. The van der Waals surface area contributed by atoms with E-state index in [0.29, 0.717) is 10.9 Å². The molecule has 234 valence electrons. The first-order chi connectivity index (χ1) is 18.5. The average Bonchev–Trinajstić information content (AvgIpc) is 2.83. The second kappa shape index (κ2) is 22.2. The van der Waals surface area contributed by atoms with Gasteiger partial charge in [-0.05, 0) is 32.1 Å². The molecule has 0 aromatic rings. The Balaban J connectivity index is 4.92. The van der Waals surface area contributed by atoms with Crippen molar-refractivity contribution < 1.29 is 32.9 Å². The third-order valence-electron chi connectivity index (χ3n) is 8.09. The SMILES string of the molecule is CCCCCCCCCCCCCCCCC(CC(C)(OP(=O)([O-])O)[N+](CCC)(CCC)CCC)OC(C)=O. The molecule has 0 saturated carbocycles. The van der Waals surface area contributed by atoms with Crippen molar-refractivity contribution in [3.8, 4) is 0 Å². The number of phosphoric acid groups is 1. The maximum absolute atomic E-state index is 12.1. The summed E-state index contributed by atoms with van der Waals surface area (Å²) in [7, 11) is -5.01. The van der Waals surface area contributed by atoms with E-state index in [1.165, 1.54) is 77.6 Å². The van der Waals surface area contributed by atoms with Gasteiger partial charge < -0.3 is 14.5 Å². The summed E-state index contributed by atoms with van der Waals surface area (Å²) in [6.07, 6.45) is 20.8. The summed E-state index contributed by atoms with van der Waals surface area (Å²) in [6.45, 7) is 13.8. The molecule has 0 bridgehead atoms. The second-order valence-corrected chi connectivity index (χ2v) is 13.0. The lowest BCUT2D eigenvalue weighted by Crippen LogP contribution is -2.66. The summed E-state index contributed by atoms with van der Waals surface area (Å²) in [5.74, 6) is -0.374. The zero-order chi connectivity index (χ0) is 29.6. The Hall–Kier alpha value is -0.460. The van der Waals surface area contributed by atoms with E-state index in [0.717, 1.165) is 58.2 Å². The predicted molar refractivity (Wildman–Crippen MR) is 160 cm³/mol. The smallest absolute Gasteiger partial charge is 0.302 e. The fourth-order valence-corrected chi connectivity index (χ4v) is 7.07. The molecule has 0 spiro atoms. The van der Waals surface area contributed by atoms with Gasteiger partial charge in [0.1, 0.15) is 6.10 Å². The van der Waals surface area contributed by atoms with Crippen molar-refractivity contribution in [3.63, 3.8) is 0 Å². The molecule has 1 N–H and O–H groups in total. The fraction of sp³-hybridized carbons (Fsp3) is 0.968. The number of carbonyl (C=O) groups is 1. The normalized spacial score (nSPS) is 16.0. The lowest BCUT2D eigenvalue weighted by Gasteiger charge is -2.53. The summed E-state index contributed by atoms with van der Waals surface area (Å²) in [4.78, 5) is 33.8. The number of hydrogen-bond acceptors (Lipinski definition) is 5. The Morgan fingerprint density at radius 3 is 1.49 bits per heavy atom. The van der Waals surface area contributed by atoms with Crippen LogP contribution in [0.15, 0.2) is 0 Å². The summed E-state index contributed by atoms with van der Waals surface area (Å²) in [5.41, 5.74) is -1.22. The van der Waals surface area contributed by atoms with Crippen LogP contribution in [-0.2, 0) is 18.6 Å². The van der Waals surface area contributed by atoms with Crippen molar-refractivity contribution in [2.75, 3.05) is 19.6 Å². The van der Waals surface area contributed by atoms with Crippen LogP contribution in [0.2, 0.25) is 0 Å². The number of nitrogens with zero attached hydrogens (tertiary/aromatic N) is 1. The molecule has 0 fully saturated rings. The molecule has 0 aliphatic heterocycles. The van der Waals surface area contributed by atoms with Crippen LogP contribution in [-0.4, -0.2) is 46.8 Å². The maximum Gasteiger partial charge on any atom is 0.302 e. The quantitative estimate of drug-likeness (QED) is 0.0346. The number of phosphoric ester groups is 1. The Morgan fingerprint density at radius 2 is 1.15 bits per heavy atom. The average molecular weight is 578 g/mol. The van der Waals surface area contributed by atoms with Crippen LogP contribution in [0.4, 0.5) is 0 Å². The molecule has 0 heterocycles. The van der Waals surface area contributed by atoms with Gasteiger partial charge in [-0.15, -0.1) is 0 Å². The molecular weight excluding hydrogens is 513 g/mol. The van der Waals surface area contributed by atoms with Crippen molar-refractivity contribution in [2.45, 2.75) is 175 Å². The molecule has 39 heavy (non-hydrogen) atoms. The highest BCUT2D eigenvalue weighted by atomic mass is 31.2. The molecule has 0 rings (SSSR count). The monoisotopic (exact) mass is 577 g/mol. The molecule has 0 saturated heterocycles. The zero-order valence-corrected chi connectivity index (χ0v) is 27.4. The number of hydrogen-bond donors (Lipinski definition) is 1. The second-order valence-electron chi connectivity index (χ2n) is 11.9.